The molecule has 3 amide bonds. The summed E-state index contributed by atoms with van der Waals surface area (Å²) < 4.78 is 0. The Morgan fingerprint density at radius 1 is 1.22 bits per heavy atom. The second-order valence-electron chi connectivity index (χ2n) is 5.25. The first-order valence-corrected chi connectivity index (χ1v) is 5.53. The van der Waals surface area contributed by atoms with Gasteiger partial charge in [-0.3, -0.25) is 4.79 Å². The molecule has 0 aliphatic carbocycles. The highest BCUT2D eigenvalue weighted by atomic mass is 16.4. The normalized spacial score (nSPS) is 12.5. The van der Waals surface area contributed by atoms with Crippen LogP contribution in [0.4, 0.5) is 4.79 Å². The van der Waals surface area contributed by atoms with E-state index in [1.807, 2.05) is 0 Å². The van der Waals surface area contributed by atoms with Gasteiger partial charge in [0.15, 0.2) is 0 Å². The van der Waals surface area contributed by atoms with Gasteiger partial charge < -0.3 is 20.6 Å². The molecule has 0 heterocycles. The fraction of sp³-hybridized carbons (Fsp3) is 0.727. The Morgan fingerprint density at radius 3 is 2.06 bits per heavy atom. The average molecular weight is 259 g/mol. The van der Waals surface area contributed by atoms with Gasteiger partial charge in [-0.05, 0) is 5.41 Å². The molecule has 0 aliphatic heterocycles. The SMILES string of the molecule is CN(C)C(=O)CNC(=O)N[C@H](C(=O)O)C(C)(C)C. The zero-order valence-electron chi connectivity index (χ0n) is 11.4. The monoisotopic (exact) mass is 259 g/mol. The molecule has 0 bridgehead atoms. The third kappa shape index (κ3) is 5.51. The van der Waals surface area contributed by atoms with Crippen molar-refractivity contribution in [3.63, 3.8) is 0 Å². The van der Waals surface area contributed by atoms with Crippen LogP contribution in [-0.4, -0.2) is 54.6 Å². The van der Waals surface area contributed by atoms with Crippen molar-refractivity contribution in [2.45, 2.75) is 26.8 Å². The molecule has 0 rings (SSSR count). The molecule has 0 saturated carbocycles. The molecule has 0 saturated heterocycles. The van der Waals surface area contributed by atoms with E-state index in [-0.39, 0.29) is 12.5 Å². The molecular weight excluding hydrogens is 238 g/mol. The molecular formula is C11H21N3O4. The molecule has 1 atom stereocenters. The fourth-order valence-corrected chi connectivity index (χ4v) is 1.14. The zero-order chi connectivity index (χ0) is 14.5. The third-order valence-electron chi connectivity index (χ3n) is 2.29. The lowest BCUT2D eigenvalue weighted by Crippen LogP contribution is -2.53. The van der Waals surface area contributed by atoms with Gasteiger partial charge in [0.05, 0.1) is 6.54 Å². The Balaban J connectivity index is 4.37. The fourth-order valence-electron chi connectivity index (χ4n) is 1.14. The lowest BCUT2D eigenvalue weighted by Gasteiger charge is -2.27. The lowest BCUT2D eigenvalue weighted by atomic mass is 9.87. The van der Waals surface area contributed by atoms with Crippen molar-refractivity contribution in [1.29, 1.82) is 0 Å². The Kier molecular flexibility index (Phi) is 5.61. The van der Waals surface area contributed by atoms with Crippen molar-refractivity contribution in [2.24, 2.45) is 5.41 Å². The maximum absolute atomic E-state index is 11.5. The van der Waals surface area contributed by atoms with Gasteiger partial charge in [0.25, 0.3) is 0 Å². The van der Waals surface area contributed by atoms with E-state index in [1.165, 1.54) is 4.90 Å². The molecule has 7 heteroatoms. The predicted octanol–water partition coefficient (Wildman–Crippen LogP) is -0.127. The summed E-state index contributed by atoms with van der Waals surface area (Å²) in [7, 11) is 3.13. The smallest absolute Gasteiger partial charge is 0.326 e. The summed E-state index contributed by atoms with van der Waals surface area (Å²) in [6, 6.07) is -1.69. The van der Waals surface area contributed by atoms with E-state index in [0.29, 0.717) is 0 Å². The van der Waals surface area contributed by atoms with Crippen molar-refractivity contribution >= 4 is 17.9 Å². The lowest BCUT2D eigenvalue weighted by molar-refractivity contribution is -0.141. The van der Waals surface area contributed by atoms with Gasteiger partial charge >= 0.3 is 12.0 Å². The van der Waals surface area contributed by atoms with Gasteiger partial charge in [0.2, 0.25) is 5.91 Å². The number of hydrogen-bond donors (Lipinski definition) is 3. The van der Waals surface area contributed by atoms with Crippen LogP contribution in [0.3, 0.4) is 0 Å². The number of likely N-dealkylation sites (N-methyl/N-ethyl adjacent to an activating group) is 1. The number of nitrogens with zero attached hydrogens (tertiary/aromatic N) is 1. The van der Waals surface area contributed by atoms with E-state index in [0.717, 1.165) is 0 Å². The largest absolute Gasteiger partial charge is 0.480 e. The Morgan fingerprint density at radius 2 is 1.72 bits per heavy atom. The van der Waals surface area contributed by atoms with Gasteiger partial charge in [0.1, 0.15) is 6.04 Å². The number of hydrogen-bond acceptors (Lipinski definition) is 3. The van der Waals surface area contributed by atoms with Gasteiger partial charge in [-0.1, -0.05) is 20.8 Å². The standard InChI is InChI=1S/C11H21N3O4/c1-11(2,3)8(9(16)17)13-10(18)12-6-7(15)14(4)5/h8H,6H2,1-5H3,(H,16,17)(H2,12,13,18)/t8-/m1/s1. The summed E-state index contributed by atoms with van der Waals surface area (Å²) in [5.74, 6) is -1.38. The van der Waals surface area contributed by atoms with Crippen LogP contribution in [0.25, 0.3) is 0 Å². The first kappa shape index (κ1) is 16.2. The highest BCUT2D eigenvalue weighted by molar-refractivity contribution is 5.86. The quantitative estimate of drug-likeness (QED) is 0.655. The van der Waals surface area contributed by atoms with Crippen molar-refractivity contribution in [2.75, 3.05) is 20.6 Å². The van der Waals surface area contributed by atoms with E-state index in [1.54, 1.807) is 34.9 Å². The van der Waals surface area contributed by atoms with Crippen LogP contribution in [0.1, 0.15) is 20.8 Å². The van der Waals surface area contributed by atoms with E-state index < -0.39 is 23.5 Å². The Hall–Kier alpha value is -1.79. The summed E-state index contributed by atoms with van der Waals surface area (Å²) in [4.78, 5) is 35.0. The molecule has 0 aromatic carbocycles. The van der Waals surface area contributed by atoms with Crippen LogP contribution in [0, 0.1) is 5.41 Å². The number of urea groups is 1. The molecule has 7 nitrogen and oxygen atoms in total. The summed E-state index contributed by atoms with van der Waals surface area (Å²) in [5, 5.41) is 13.7. The van der Waals surface area contributed by atoms with E-state index in [2.05, 4.69) is 10.6 Å². The van der Waals surface area contributed by atoms with Crippen LogP contribution in [0.5, 0.6) is 0 Å². The van der Waals surface area contributed by atoms with Gasteiger partial charge in [-0.15, -0.1) is 0 Å². The van der Waals surface area contributed by atoms with Gasteiger partial charge in [0, 0.05) is 14.1 Å². The number of carbonyl (C=O) groups excluding carboxylic acids is 2. The van der Waals surface area contributed by atoms with Crippen molar-refractivity contribution in [3.05, 3.63) is 0 Å². The van der Waals surface area contributed by atoms with E-state index in [4.69, 9.17) is 5.11 Å². The molecule has 0 aliphatic rings. The zero-order valence-corrected chi connectivity index (χ0v) is 11.4. The van der Waals surface area contributed by atoms with Crippen molar-refractivity contribution in [1.82, 2.24) is 15.5 Å². The van der Waals surface area contributed by atoms with Crippen LogP contribution < -0.4 is 10.6 Å². The van der Waals surface area contributed by atoms with Gasteiger partial charge in [-0.25, -0.2) is 9.59 Å². The summed E-state index contributed by atoms with van der Waals surface area (Å²) in [6.07, 6.45) is 0. The van der Waals surface area contributed by atoms with Crippen LogP contribution in [0.15, 0.2) is 0 Å². The average Bonchev–Trinajstić information content (AvgIpc) is 2.20. The highest BCUT2D eigenvalue weighted by Gasteiger charge is 2.32. The van der Waals surface area contributed by atoms with Gasteiger partial charge in [-0.2, -0.15) is 0 Å². The molecule has 0 aromatic rings. The number of amides is 3. The maximum atomic E-state index is 11.5. The van der Waals surface area contributed by atoms with Crippen molar-refractivity contribution in [3.8, 4) is 0 Å². The van der Waals surface area contributed by atoms with Crippen LogP contribution in [-0.2, 0) is 9.59 Å². The predicted molar refractivity (Wildman–Crippen MR) is 66.1 cm³/mol. The second kappa shape index (κ2) is 6.23. The minimum Gasteiger partial charge on any atom is -0.480 e. The molecule has 0 fully saturated rings. The summed E-state index contributed by atoms with van der Waals surface area (Å²) in [6.45, 7) is 4.94. The minimum absolute atomic E-state index is 0.171. The Bertz CT molecular complexity index is 334. The van der Waals surface area contributed by atoms with E-state index >= 15 is 0 Å². The summed E-state index contributed by atoms with van der Waals surface area (Å²) >= 11 is 0. The number of rotatable bonds is 4. The van der Waals surface area contributed by atoms with Crippen LogP contribution >= 0.6 is 0 Å². The number of nitrogens with one attached hydrogen (secondary N) is 2. The van der Waals surface area contributed by atoms with Crippen LogP contribution in [0.2, 0.25) is 0 Å². The Labute approximate surface area is 107 Å². The molecule has 0 aromatic heterocycles. The topological polar surface area (TPSA) is 98.7 Å². The molecule has 0 spiro atoms. The number of carboxylic acid groups (broad SMARTS) is 1. The van der Waals surface area contributed by atoms with Crippen molar-refractivity contribution < 1.29 is 19.5 Å². The summed E-state index contributed by atoms with van der Waals surface area (Å²) in [5.41, 5.74) is -0.616. The number of carboxylic acids is 1. The first-order chi connectivity index (χ1) is 8.05. The number of aliphatic carboxylic acids is 1. The second-order valence-corrected chi connectivity index (χ2v) is 5.25. The van der Waals surface area contributed by atoms with E-state index in [9.17, 15) is 14.4 Å². The molecule has 104 valence electrons. The third-order valence-corrected chi connectivity index (χ3v) is 2.29. The first-order valence-electron chi connectivity index (χ1n) is 5.53. The molecule has 3 N–H and O–H groups in total. The number of carbonyl (C=O) groups is 3. The minimum atomic E-state index is -1.11. The molecule has 18 heavy (non-hydrogen) atoms. The highest BCUT2D eigenvalue weighted by Crippen LogP contribution is 2.19. The maximum Gasteiger partial charge on any atom is 0.326 e. The molecule has 0 radical (unpaired) electrons. The molecule has 0 unspecified atom stereocenters.